The van der Waals surface area contributed by atoms with Crippen molar-refractivity contribution in [2.24, 2.45) is 0 Å². The van der Waals surface area contributed by atoms with Crippen LogP contribution in [0.15, 0.2) is 41.4 Å². The molecular formula is C25H33N3O4S. The number of carbonyl (C=O) groups excluding carboxylic acids is 2. The van der Waals surface area contributed by atoms with Crippen molar-refractivity contribution >= 4 is 23.8 Å². The van der Waals surface area contributed by atoms with Gasteiger partial charge in [0.05, 0.1) is 0 Å². The SMILES string of the molecule is CSc1cccc(Oc2ncc(C)cc2C(=O)N[C@H]2CC[C@@H](NC(=O)OC(C)(C)C)CC2)c1. The van der Waals surface area contributed by atoms with Crippen molar-refractivity contribution in [1.82, 2.24) is 15.6 Å². The molecule has 0 saturated heterocycles. The first kappa shape index (κ1) is 24.9. The Hall–Kier alpha value is -2.74. The number of ether oxygens (including phenoxy) is 2. The number of hydrogen-bond acceptors (Lipinski definition) is 6. The van der Waals surface area contributed by atoms with Crippen LogP contribution in [0.3, 0.4) is 0 Å². The van der Waals surface area contributed by atoms with Gasteiger partial charge in [0.25, 0.3) is 5.91 Å². The van der Waals surface area contributed by atoms with Crippen molar-refractivity contribution in [3.05, 3.63) is 47.7 Å². The van der Waals surface area contributed by atoms with Gasteiger partial charge in [-0.15, -0.1) is 11.8 Å². The molecule has 0 unspecified atom stereocenters. The van der Waals surface area contributed by atoms with Crippen LogP contribution >= 0.6 is 11.8 Å². The number of hydrogen-bond donors (Lipinski definition) is 2. The van der Waals surface area contributed by atoms with Gasteiger partial charge >= 0.3 is 6.09 Å². The van der Waals surface area contributed by atoms with E-state index in [1.807, 2.05) is 58.2 Å². The lowest BCUT2D eigenvalue weighted by Crippen LogP contribution is -2.45. The molecule has 0 bridgehead atoms. The minimum atomic E-state index is -0.520. The molecule has 2 amide bonds. The normalized spacial score (nSPS) is 18.3. The minimum absolute atomic E-state index is 0.0300. The van der Waals surface area contributed by atoms with E-state index in [9.17, 15) is 9.59 Å². The molecule has 178 valence electrons. The van der Waals surface area contributed by atoms with E-state index in [1.54, 1.807) is 24.0 Å². The number of thioether (sulfide) groups is 1. The lowest BCUT2D eigenvalue weighted by molar-refractivity contribution is 0.0488. The molecule has 3 rings (SSSR count). The summed E-state index contributed by atoms with van der Waals surface area (Å²) in [5, 5.41) is 6.04. The maximum Gasteiger partial charge on any atom is 0.407 e. The Labute approximate surface area is 200 Å². The van der Waals surface area contributed by atoms with E-state index in [0.717, 1.165) is 36.1 Å². The molecule has 2 aromatic rings. The number of aryl methyl sites for hydroxylation is 1. The molecule has 1 saturated carbocycles. The van der Waals surface area contributed by atoms with Crippen LogP contribution in [-0.2, 0) is 4.74 Å². The predicted octanol–water partition coefficient (Wildman–Crippen LogP) is 5.47. The van der Waals surface area contributed by atoms with E-state index < -0.39 is 11.7 Å². The molecular weight excluding hydrogens is 438 g/mol. The summed E-state index contributed by atoms with van der Waals surface area (Å²) in [4.78, 5) is 30.5. The first-order chi connectivity index (χ1) is 15.6. The summed E-state index contributed by atoms with van der Waals surface area (Å²) in [5.41, 5.74) is 0.780. The highest BCUT2D eigenvalue weighted by atomic mass is 32.2. The van der Waals surface area contributed by atoms with Crippen molar-refractivity contribution in [2.45, 2.75) is 76.0 Å². The van der Waals surface area contributed by atoms with E-state index in [0.29, 0.717) is 11.3 Å². The summed E-state index contributed by atoms with van der Waals surface area (Å²) >= 11 is 1.62. The zero-order valence-corrected chi connectivity index (χ0v) is 20.8. The van der Waals surface area contributed by atoms with E-state index in [2.05, 4.69) is 15.6 Å². The number of nitrogens with one attached hydrogen (secondary N) is 2. The van der Waals surface area contributed by atoms with E-state index in [4.69, 9.17) is 9.47 Å². The van der Waals surface area contributed by atoms with Crippen LogP contribution in [-0.4, -0.2) is 40.9 Å². The van der Waals surface area contributed by atoms with Gasteiger partial charge in [-0.2, -0.15) is 0 Å². The fourth-order valence-corrected chi connectivity index (χ4v) is 4.15. The number of alkyl carbamates (subject to hydrolysis) is 1. The summed E-state index contributed by atoms with van der Waals surface area (Å²) in [5.74, 6) is 0.725. The van der Waals surface area contributed by atoms with Crippen LogP contribution < -0.4 is 15.4 Å². The Morgan fingerprint density at radius 3 is 2.36 bits per heavy atom. The first-order valence-corrected chi connectivity index (χ1v) is 12.4. The molecule has 1 aromatic heterocycles. The third-order valence-electron chi connectivity index (χ3n) is 5.27. The number of benzene rings is 1. The van der Waals surface area contributed by atoms with Crippen LogP contribution in [0.5, 0.6) is 11.6 Å². The lowest BCUT2D eigenvalue weighted by atomic mass is 9.91. The molecule has 2 N–H and O–H groups in total. The molecule has 7 nitrogen and oxygen atoms in total. The molecule has 8 heteroatoms. The van der Waals surface area contributed by atoms with Gasteiger partial charge in [-0.25, -0.2) is 9.78 Å². The fraction of sp³-hybridized carbons (Fsp3) is 0.480. The van der Waals surface area contributed by atoms with E-state index in [1.165, 1.54) is 0 Å². The molecule has 1 fully saturated rings. The quantitative estimate of drug-likeness (QED) is 0.543. The second-order valence-electron chi connectivity index (χ2n) is 9.31. The second-order valence-corrected chi connectivity index (χ2v) is 10.2. The van der Waals surface area contributed by atoms with Crippen molar-refractivity contribution in [3.8, 4) is 11.6 Å². The molecule has 1 aliphatic rings. The van der Waals surface area contributed by atoms with Gasteiger partial charge in [0.2, 0.25) is 5.88 Å². The third-order valence-corrected chi connectivity index (χ3v) is 6.00. The third kappa shape index (κ3) is 7.67. The number of carbonyl (C=O) groups is 2. The average Bonchev–Trinajstić information content (AvgIpc) is 2.75. The van der Waals surface area contributed by atoms with Crippen LogP contribution in [0.2, 0.25) is 0 Å². The van der Waals surface area contributed by atoms with Crippen molar-refractivity contribution in [2.75, 3.05) is 6.26 Å². The highest BCUT2D eigenvalue weighted by Gasteiger charge is 2.27. The molecule has 1 heterocycles. The topological polar surface area (TPSA) is 89.5 Å². The Morgan fingerprint density at radius 2 is 1.73 bits per heavy atom. The summed E-state index contributed by atoms with van der Waals surface area (Å²) in [7, 11) is 0. The predicted molar refractivity (Wildman–Crippen MR) is 130 cm³/mol. The van der Waals surface area contributed by atoms with Gasteiger partial charge in [-0.1, -0.05) is 6.07 Å². The van der Waals surface area contributed by atoms with E-state index >= 15 is 0 Å². The number of aromatic nitrogens is 1. The van der Waals surface area contributed by atoms with Gasteiger partial charge in [-0.05, 0) is 89.5 Å². The summed E-state index contributed by atoms with van der Waals surface area (Å²) in [6, 6.07) is 9.57. The zero-order valence-electron chi connectivity index (χ0n) is 19.9. The maximum atomic E-state index is 13.1. The highest BCUT2D eigenvalue weighted by molar-refractivity contribution is 7.98. The number of rotatable bonds is 6. The minimum Gasteiger partial charge on any atom is -0.444 e. The summed E-state index contributed by atoms with van der Waals surface area (Å²) < 4.78 is 11.3. The van der Waals surface area contributed by atoms with Crippen LogP contribution in [0.25, 0.3) is 0 Å². The first-order valence-electron chi connectivity index (χ1n) is 11.2. The highest BCUT2D eigenvalue weighted by Crippen LogP contribution is 2.28. The van der Waals surface area contributed by atoms with E-state index in [-0.39, 0.29) is 23.9 Å². The second kappa shape index (κ2) is 10.9. The van der Waals surface area contributed by atoms with Gasteiger partial charge in [0, 0.05) is 23.2 Å². The van der Waals surface area contributed by atoms with Gasteiger partial charge < -0.3 is 20.1 Å². The zero-order chi connectivity index (χ0) is 24.0. The Balaban J connectivity index is 1.59. The molecule has 0 aliphatic heterocycles. The van der Waals surface area contributed by atoms with Crippen LogP contribution in [0.1, 0.15) is 62.4 Å². The van der Waals surface area contributed by atoms with Gasteiger partial charge in [-0.3, -0.25) is 4.79 Å². The number of nitrogens with zero attached hydrogens (tertiary/aromatic N) is 1. The van der Waals surface area contributed by atoms with Gasteiger partial charge in [0.1, 0.15) is 16.9 Å². The smallest absolute Gasteiger partial charge is 0.407 e. The Kier molecular flexibility index (Phi) is 8.24. The van der Waals surface area contributed by atoms with Crippen LogP contribution in [0, 0.1) is 6.92 Å². The number of pyridine rings is 1. The molecule has 0 spiro atoms. The molecule has 0 atom stereocenters. The maximum absolute atomic E-state index is 13.1. The van der Waals surface area contributed by atoms with Crippen LogP contribution in [0.4, 0.5) is 4.79 Å². The standard InChI is InChI=1S/C25H33N3O4S/c1-16-13-21(23(26-15-16)31-19-7-6-8-20(14-19)33-5)22(29)27-17-9-11-18(12-10-17)28-24(30)32-25(2,3)4/h6-8,13-15,17-18H,9-12H2,1-5H3,(H,27,29)(H,28,30)/t17-,18+. The summed E-state index contributed by atoms with van der Waals surface area (Å²) in [6.07, 6.45) is 6.41. The van der Waals surface area contributed by atoms with Crippen molar-refractivity contribution in [1.29, 1.82) is 0 Å². The van der Waals surface area contributed by atoms with Gasteiger partial charge in [0.15, 0.2) is 0 Å². The van der Waals surface area contributed by atoms with Crippen molar-refractivity contribution < 1.29 is 19.1 Å². The largest absolute Gasteiger partial charge is 0.444 e. The monoisotopic (exact) mass is 471 g/mol. The molecule has 1 aromatic carbocycles. The molecule has 33 heavy (non-hydrogen) atoms. The Bertz CT molecular complexity index is 982. The Morgan fingerprint density at radius 1 is 1.06 bits per heavy atom. The summed E-state index contributed by atoms with van der Waals surface area (Å²) in [6.45, 7) is 7.43. The number of amides is 2. The lowest BCUT2D eigenvalue weighted by Gasteiger charge is -2.30. The van der Waals surface area contributed by atoms with Crippen molar-refractivity contribution in [3.63, 3.8) is 0 Å². The molecule has 0 radical (unpaired) electrons. The molecule has 1 aliphatic carbocycles. The average molecular weight is 472 g/mol. The fourth-order valence-electron chi connectivity index (χ4n) is 3.70.